The molecule has 1 aromatic rings. The van der Waals surface area contributed by atoms with Crippen molar-refractivity contribution in [1.29, 1.82) is 0 Å². The molecule has 106 valence electrons. The third kappa shape index (κ3) is 1.73. The molecule has 20 heavy (non-hydrogen) atoms. The second-order valence-electron chi connectivity index (χ2n) is 5.41. The maximum Gasteiger partial charge on any atom is 0.335 e. The van der Waals surface area contributed by atoms with Gasteiger partial charge in [-0.3, -0.25) is 19.6 Å². The first-order chi connectivity index (χ1) is 9.54. The number of nitrogens with zero attached hydrogens (tertiary/aromatic N) is 3. The van der Waals surface area contributed by atoms with E-state index in [1.807, 2.05) is 0 Å². The molecule has 0 atom stereocenters. The van der Waals surface area contributed by atoms with Crippen LogP contribution in [-0.2, 0) is 16.6 Å². The summed E-state index contributed by atoms with van der Waals surface area (Å²) in [6.45, 7) is 0. The minimum atomic E-state index is -1.08. The molecule has 1 spiro atoms. The molecule has 0 radical (unpaired) electrons. The Kier molecular flexibility index (Phi) is 2.84. The van der Waals surface area contributed by atoms with Gasteiger partial charge >= 0.3 is 6.03 Å². The number of imide groups is 2. The lowest BCUT2D eigenvalue weighted by Gasteiger charge is -2.40. The van der Waals surface area contributed by atoms with Gasteiger partial charge in [0.2, 0.25) is 5.91 Å². The first-order valence-electron chi connectivity index (χ1n) is 6.73. The summed E-state index contributed by atoms with van der Waals surface area (Å²) >= 11 is 0. The molecular weight excluding hydrogens is 260 g/mol. The molecule has 1 N–H and O–H groups in total. The summed E-state index contributed by atoms with van der Waals surface area (Å²) in [5, 5.41) is 6.29. The second kappa shape index (κ2) is 4.43. The van der Waals surface area contributed by atoms with Crippen molar-refractivity contribution in [1.82, 2.24) is 15.1 Å². The van der Waals surface area contributed by atoms with Crippen LogP contribution in [0.2, 0.25) is 0 Å². The Balaban J connectivity index is 2.00. The van der Waals surface area contributed by atoms with Crippen LogP contribution < -0.4 is 10.2 Å². The zero-order valence-electron chi connectivity index (χ0n) is 11.3. The number of hydrogen-bond donors (Lipinski definition) is 1. The lowest BCUT2D eigenvalue weighted by Crippen LogP contribution is -2.64. The molecule has 2 aliphatic rings. The number of anilines is 1. The van der Waals surface area contributed by atoms with Crippen LogP contribution in [0.25, 0.3) is 0 Å². The van der Waals surface area contributed by atoms with Gasteiger partial charge in [0.25, 0.3) is 5.91 Å². The number of nitrogens with one attached hydrogen (secondary N) is 1. The van der Waals surface area contributed by atoms with E-state index in [1.54, 1.807) is 13.2 Å². The smallest absolute Gasteiger partial charge is 0.276 e. The zero-order valence-corrected chi connectivity index (χ0v) is 11.3. The predicted molar refractivity (Wildman–Crippen MR) is 69.8 cm³/mol. The minimum Gasteiger partial charge on any atom is -0.276 e. The molecule has 0 unspecified atom stereocenters. The second-order valence-corrected chi connectivity index (χ2v) is 5.41. The summed E-state index contributed by atoms with van der Waals surface area (Å²) in [5.74, 6) is -0.869. The van der Waals surface area contributed by atoms with Crippen LogP contribution in [0.5, 0.6) is 0 Å². The van der Waals surface area contributed by atoms with Crippen molar-refractivity contribution >= 4 is 23.5 Å². The largest absolute Gasteiger partial charge is 0.335 e. The molecule has 4 amide bonds. The van der Waals surface area contributed by atoms with Gasteiger partial charge in [0, 0.05) is 13.2 Å². The summed E-state index contributed by atoms with van der Waals surface area (Å²) in [5.41, 5.74) is -0.686. The standard InChI is InChI=1S/C13H16N4O3/c1-16-8-9(7-14-16)17-11(19)13(5-3-2-4-6-13)10(18)15-12(17)20/h7-8H,2-6H2,1H3,(H,15,18,20). The van der Waals surface area contributed by atoms with E-state index in [4.69, 9.17) is 0 Å². The Bertz CT molecular complexity index is 586. The molecule has 1 aliphatic carbocycles. The third-order valence-corrected chi connectivity index (χ3v) is 4.13. The van der Waals surface area contributed by atoms with Crippen LogP contribution in [0.1, 0.15) is 32.1 Å². The topological polar surface area (TPSA) is 84.3 Å². The molecule has 1 saturated carbocycles. The predicted octanol–water partition coefficient (Wildman–Crippen LogP) is 0.953. The van der Waals surface area contributed by atoms with E-state index in [2.05, 4.69) is 10.4 Å². The average Bonchev–Trinajstić information content (AvgIpc) is 2.84. The molecule has 7 nitrogen and oxygen atoms in total. The summed E-state index contributed by atoms with van der Waals surface area (Å²) < 4.78 is 1.51. The highest BCUT2D eigenvalue weighted by atomic mass is 16.2. The number of carbonyl (C=O) groups is 3. The summed E-state index contributed by atoms with van der Waals surface area (Å²) in [6.07, 6.45) is 6.71. The van der Waals surface area contributed by atoms with Gasteiger partial charge in [-0.15, -0.1) is 0 Å². The Morgan fingerprint density at radius 3 is 2.50 bits per heavy atom. The lowest BCUT2D eigenvalue weighted by molar-refractivity contribution is -0.144. The van der Waals surface area contributed by atoms with E-state index < -0.39 is 23.3 Å². The monoisotopic (exact) mass is 276 g/mol. The van der Waals surface area contributed by atoms with E-state index in [9.17, 15) is 14.4 Å². The molecule has 0 bridgehead atoms. The highest BCUT2D eigenvalue weighted by molar-refractivity contribution is 6.29. The molecule has 2 fully saturated rings. The lowest BCUT2D eigenvalue weighted by atomic mass is 9.71. The van der Waals surface area contributed by atoms with Crippen molar-refractivity contribution in [2.24, 2.45) is 12.5 Å². The van der Waals surface area contributed by atoms with Crippen molar-refractivity contribution in [2.45, 2.75) is 32.1 Å². The van der Waals surface area contributed by atoms with Gasteiger partial charge in [-0.05, 0) is 12.8 Å². The highest BCUT2D eigenvalue weighted by Gasteiger charge is 2.54. The van der Waals surface area contributed by atoms with Gasteiger partial charge in [0.05, 0.1) is 11.9 Å². The van der Waals surface area contributed by atoms with Crippen LogP contribution in [0.15, 0.2) is 12.4 Å². The van der Waals surface area contributed by atoms with Gasteiger partial charge in [-0.2, -0.15) is 5.10 Å². The Morgan fingerprint density at radius 1 is 1.20 bits per heavy atom. The van der Waals surface area contributed by atoms with Crippen LogP contribution >= 0.6 is 0 Å². The first-order valence-corrected chi connectivity index (χ1v) is 6.73. The van der Waals surface area contributed by atoms with Gasteiger partial charge in [-0.25, -0.2) is 9.69 Å². The third-order valence-electron chi connectivity index (χ3n) is 4.13. The molecular formula is C13H16N4O3. The van der Waals surface area contributed by atoms with Crippen molar-refractivity contribution in [2.75, 3.05) is 4.90 Å². The summed E-state index contributed by atoms with van der Waals surface area (Å²) in [6, 6.07) is -0.691. The van der Waals surface area contributed by atoms with Crippen LogP contribution in [0.3, 0.4) is 0 Å². The summed E-state index contributed by atoms with van der Waals surface area (Å²) in [7, 11) is 1.71. The Morgan fingerprint density at radius 2 is 1.90 bits per heavy atom. The Labute approximate surface area is 115 Å². The maximum atomic E-state index is 12.7. The molecule has 0 aromatic carbocycles. The molecule has 3 rings (SSSR count). The van der Waals surface area contributed by atoms with E-state index in [0.29, 0.717) is 18.5 Å². The quantitative estimate of drug-likeness (QED) is 0.774. The van der Waals surface area contributed by atoms with E-state index in [-0.39, 0.29) is 0 Å². The summed E-state index contributed by atoms with van der Waals surface area (Å²) in [4.78, 5) is 37.9. The zero-order chi connectivity index (χ0) is 14.3. The number of aromatic nitrogens is 2. The van der Waals surface area contributed by atoms with Crippen molar-refractivity contribution in [3.05, 3.63) is 12.4 Å². The van der Waals surface area contributed by atoms with E-state index in [0.717, 1.165) is 24.2 Å². The van der Waals surface area contributed by atoms with Crippen LogP contribution in [0, 0.1) is 5.41 Å². The normalized spacial score (nSPS) is 22.2. The van der Waals surface area contributed by atoms with Crippen LogP contribution in [0.4, 0.5) is 10.5 Å². The number of amides is 4. The van der Waals surface area contributed by atoms with E-state index >= 15 is 0 Å². The number of aryl methyl sites for hydroxylation is 1. The maximum absolute atomic E-state index is 12.7. The molecule has 1 aliphatic heterocycles. The number of urea groups is 1. The number of carbonyl (C=O) groups excluding carboxylic acids is 3. The number of barbiturate groups is 1. The first kappa shape index (κ1) is 12.8. The molecule has 1 aromatic heterocycles. The Hall–Kier alpha value is -2.18. The van der Waals surface area contributed by atoms with Gasteiger partial charge in [0.15, 0.2) is 0 Å². The number of hydrogen-bond acceptors (Lipinski definition) is 4. The van der Waals surface area contributed by atoms with Crippen LogP contribution in [-0.4, -0.2) is 27.6 Å². The van der Waals surface area contributed by atoms with E-state index in [1.165, 1.54) is 10.9 Å². The fraction of sp³-hybridized carbons (Fsp3) is 0.538. The van der Waals surface area contributed by atoms with Crippen molar-refractivity contribution < 1.29 is 14.4 Å². The van der Waals surface area contributed by atoms with Gasteiger partial charge < -0.3 is 0 Å². The molecule has 1 saturated heterocycles. The van der Waals surface area contributed by atoms with Gasteiger partial charge in [-0.1, -0.05) is 19.3 Å². The number of rotatable bonds is 1. The minimum absolute atomic E-state index is 0.396. The fourth-order valence-corrected chi connectivity index (χ4v) is 3.03. The van der Waals surface area contributed by atoms with Gasteiger partial charge in [0.1, 0.15) is 5.41 Å². The SMILES string of the molecule is Cn1cc(N2C(=O)NC(=O)C3(CCCCC3)C2=O)cn1. The molecule has 7 heteroatoms. The van der Waals surface area contributed by atoms with Crippen molar-refractivity contribution in [3.8, 4) is 0 Å². The highest BCUT2D eigenvalue weighted by Crippen LogP contribution is 2.41. The fourth-order valence-electron chi connectivity index (χ4n) is 3.03. The average molecular weight is 276 g/mol. The van der Waals surface area contributed by atoms with Crippen molar-refractivity contribution in [3.63, 3.8) is 0 Å². The molecule has 2 heterocycles.